The summed E-state index contributed by atoms with van der Waals surface area (Å²) in [5.74, 6) is -4.95. The van der Waals surface area contributed by atoms with Crippen LogP contribution in [0, 0.1) is 52.3 Å². The Balaban J connectivity index is 1.67. The number of fused-ring (bicyclic) bond motifs is 1. The number of carbonyl (C=O) groups excluding carboxylic acids is 2. The second-order valence-corrected chi connectivity index (χ2v) is 12.4. The van der Waals surface area contributed by atoms with E-state index in [2.05, 4.69) is 6.92 Å². The van der Waals surface area contributed by atoms with Crippen molar-refractivity contribution in [1.82, 2.24) is 0 Å². The fraction of sp³-hybridized carbons (Fsp3) is 0.923. The Morgan fingerprint density at radius 2 is 1.85 bits per heavy atom. The van der Waals surface area contributed by atoms with Gasteiger partial charge in [-0.25, -0.2) is 4.79 Å². The molecule has 3 saturated carbocycles. The van der Waals surface area contributed by atoms with Crippen LogP contribution in [0.4, 0.5) is 0 Å². The Labute approximate surface area is 201 Å². The molecule has 2 bridgehead atoms. The van der Waals surface area contributed by atoms with Crippen LogP contribution < -0.4 is 0 Å². The van der Waals surface area contributed by atoms with Crippen LogP contribution in [-0.2, 0) is 23.8 Å². The van der Waals surface area contributed by atoms with Crippen molar-refractivity contribution in [3.05, 3.63) is 0 Å². The molecule has 0 radical (unpaired) electrons. The molecule has 3 aliphatic carbocycles. The van der Waals surface area contributed by atoms with Gasteiger partial charge in [-0.15, -0.1) is 0 Å². The van der Waals surface area contributed by atoms with E-state index in [0.717, 1.165) is 6.42 Å². The predicted molar refractivity (Wildman–Crippen MR) is 120 cm³/mol. The van der Waals surface area contributed by atoms with Crippen LogP contribution in [-0.4, -0.2) is 64.1 Å². The van der Waals surface area contributed by atoms with E-state index in [-0.39, 0.29) is 30.3 Å². The maximum atomic E-state index is 13.3. The van der Waals surface area contributed by atoms with Crippen molar-refractivity contribution < 1.29 is 39.1 Å². The first-order chi connectivity index (χ1) is 15.8. The summed E-state index contributed by atoms with van der Waals surface area (Å²) in [6.07, 6.45) is -1.79. The molecule has 14 atom stereocenters. The monoisotopic (exact) mass is 480 g/mol. The molecule has 0 aromatic heterocycles. The van der Waals surface area contributed by atoms with Gasteiger partial charge in [0.25, 0.3) is 0 Å². The third-order valence-electron chi connectivity index (χ3n) is 10.8. The summed E-state index contributed by atoms with van der Waals surface area (Å²) < 4.78 is 17.9. The van der Waals surface area contributed by atoms with E-state index in [1.807, 2.05) is 20.8 Å². The number of hydrogen-bond donors (Lipinski definition) is 3. The fourth-order valence-corrected chi connectivity index (χ4v) is 9.16. The van der Waals surface area contributed by atoms with Gasteiger partial charge in [-0.2, -0.15) is 0 Å². The summed E-state index contributed by atoms with van der Waals surface area (Å²) in [5, 5.41) is 35.0. The smallest absolute Gasteiger partial charge is 0.348 e. The van der Waals surface area contributed by atoms with Crippen LogP contribution in [0.1, 0.15) is 60.8 Å². The van der Waals surface area contributed by atoms with Crippen molar-refractivity contribution in [1.29, 1.82) is 0 Å². The number of aliphatic hydroxyl groups is 3. The predicted octanol–water partition coefficient (Wildman–Crippen LogP) is 1.88. The minimum absolute atomic E-state index is 0.00677. The van der Waals surface area contributed by atoms with Crippen molar-refractivity contribution in [2.75, 3.05) is 6.61 Å². The van der Waals surface area contributed by atoms with E-state index >= 15 is 0 Å². The lowest BCUT2D eigenvalue weighted by molar-refractivity contribution is -0.353. The minimum atomic E-state index is -1.88. The molecule has 1 spiro atoms. The number of rotatable bonds is 3. The SMILES string of the molecule is CCC(C)C(=O)OC1C(=O)OC2CC3C(C)CC(C)C(O)C3(C)C3C4(O)OCC23C1C(C)C4O. The summed E-state index contributed by atoms with van der Waals surface area (Å²) in [6, 6.07) is 0. The molecule has 0 amide bonds. The normalized spacial score (nSPS) is 56.7. The summed E-state index contributed by atoms with van der Waals surface area (Å²) in [6.45, 7) is 11.7. The van der Waals surface area contributed by atoms with E-state index in [1.165, 1.54) is 0 Å². The quantitative estimate of drug-likeness (QED) is 0.524. The van der Waals surface area contributed by atoms with E-state index in [0.29, 0.717) is 12.8 Å². The fourth-order valence-electron chi connectivity index (χ4n) is 9.16. The average Bonchev–Trinajstić information content (AvgIpc) is 3.08. The van der Waals surface area contributed by atoms with E-state index < -0.39 is 70.7 Å². The molecule has 5 aliphatic rings. The van der Waals surface area contributed by atoms with Gasteiger partial charge in [-0.3, -0.25) is 4.79 Å². The number of carbonyl (C=O) groups is 2. The molecular weight excluding hydrogens is 440 g/mol. The molecule has 8 nitrogen and oxygen atoms in total. The molecule has 0 aromatic rings. The first-order valence-corrected chi connectivity index (χ1v) is 13.0. The second-order valence-electron chi connectivity index (χ2n) is 12.4. The van der Waals surface area contributed by atoms with E-state index in [1.54, 1.807) is 13.8 Å². The summed E-state index contributed by atoms with van der Waals surface area (Å²) in [4.78, 5) is 26.1. The Morgan fingerprint density at radius 1 is 1.18 bits per heavy atom. The van der Waals surface area contributed by atoms with Gasteiger partial charge >= 0.3 is 11.9 Å². The van der Waals surface area contributed by atoms with Gasteiger partial charge in [0.15, 0.2) is 5.79 Å². The molecule has 192 valence electrons. The van der Waals surface area contributed by atoms with Gasteiger partial charge in [0.1, 0.15) is 12.2 Å². The molecular formula is C26H40O8. The van der Waals surface area contributed by atoms with Crippen molar-refractivity contribution in [3.8, 4) is 0 Å². The highest BCUT2D eigenvalue weighted by molar-refractivity contribution is 5.81. The number of esters is 2. The average molecular weight is 481 g/mol. The van der Waals surface area contributed by atoms with E-state index in [9.17, 15) is 24.9 Å². The van der Waals surface area contributed by atoms with Crippen molar-refractivity contribution in [2.24, 2.45) is 52.3 Å². The lowest BCUT2D eigenvalue weighted by Gasteiger charge is -2.69. The van der Waals surface area contributed by atoms with Gasteiger partial charge < -0.3 is 29.5 Å². The van der Waals surface area contributed by atoms with Crippen LogP contribution in [0.5, 0.6) is 0 Å². The van der Waals surface area contributed by atoms with Crippen LogP contribution in [0.15, 0.2) is 0 Å². The molecule has 3 N–H and O–H groups in total. The largest absolute Gasteiger partial charge is 0.459 e. The summed E-state index contributed by atoms with van der Waals surface area (Å²) in [5.41, 5.74) is -1.64. The molecule has 34 heavy (non-hydrogen) atoms. The van der Waals surface area contributed by atoms with Gasteiger partial charge in [0, 0.05) is 22.7 Å². The molecule has 8 heteroatoms. The Bertz CT molecular complexity index is 877. The maximum absolute atomic E-state index is 13.3. The second kappa shape index (κ2) is 7.64. The number of ether oxygens (including phenoxy) is 3. The Morgan fingerprint density at radius 3 is 2.50 bits per heavy atom. The maximum Gasteiger partial charge on any atom is 0.348 e. The van der Waals surface area contributed by atoms with Crippen LogP contribution in [0.2, 0.25) is 0 Å². The zero-order valence-corrected chi connectivity index (χ0v) is 21.1. The molecule has 2 saturated heterocycles. The Hall–Kier alpha value is -1.22. The van der Waals surface area contributed by atoms with E-state index in [4.69, 9.17) is 14.2 Å². The zero-order valence-electron chi connectivity index (χ0n) is 21.1. The summed E-state index contributed by atoms with van der Waals surface area (Å²) in [7, 11) is 0. The van der Waals surface area contributed by atoms with Gasteiger partial charge in [0.2, 0.25) is 6.10 Å². The summed E-state index contributed by atoms with van der Waals surface area (Å²) >= 11 is 0. The zero-order chi connectivity index (χ0) is 25.0. The van der Waals surface area contributed by atoms with Crippen LogP contribution in [0.25, 0.3) is 0 Å². The van der Waals surface area contributed by atoms with Gasteiger partial charge in [-0.1, -0.05) is 41.5 Å². The highest BCUT2D eigenvalue weighted by Crippen LogP contribution is 2.74. The molecule has 5 fully saturated rings. The molecule has 14 unspecified atom stereocenters. The standard InChI is InChI=1S/C26H40O8/c1-7-11(2)21(29)34-18-17-14(5)20(28)26(31)23-24(6)15(12(3)8-13(4)19(24)27)9-16(33-22(18)30)25(17,23)10-32-26/h11-20,23,27-28,31H,7-10H2,1-6H3. The van der Waals surface area contributed by atoms with Crippen molar-refractivity contribution >= 4 is 11.9 Å². The number of aliphatic hydroxyl groups excluding tert-OH is 2. The topological polar surface area (TPSA) is 123 Å². The minimum Gasteiger partial charge on any atom is -0.459 e. The lowest BCUT2D eigenvalue weighted by atomic mass is 9.36. The molecule has 2 heterocycles. The number of hydrogen-bond acceptors (Lipinski definition) is 8. The Kier molecular flexibility index (Phi) is 5.50. The molecule has 2 aliphatic heterocycles. The first-order valence-electron chi connectivity index (χ1n) is 13.0. The first kappa shape index (κ1) is 24.5. The molecule has 5 rings (SSSR count). The highest BCUT2D eigenvalue weighted by Gasteiger charge is 2.83. The van der Waals surface area contributed by atoms with Crippen molar-refractivity contribution in [3.63, 3.8) is 0 Å². The van der Waals surface area contributed by atoms with Crippen LogP contribution in [0.3, 0.4) is 0 Å². The lowest BCUT2D eigenvalue weighted by Crippen LogP contribution is -2.78. The molecule has 0 aromatic carbocycles. The van der Waals surface area contributed by atoms with Crippen molar-refractivity contribution in [2.45, 2.75) is 91.0 Å². The highest BCUT2D eigenvalue weighted by atomic mass is 16.7. The van der Waals surface area contributed by atoms with Crippen LogP contribution >= 0.6 is 0 Å². The van der Waals surface area contributed by atoms with Gasteiger partial charge in [0.05, 0.1) is 18.6 Å². The van der Waals surface area contributed by atoms with Gasteiger partial charge in [-0.05, 0) is 42.9 Å². The third-order valence-corrected chi connectivity index (χ3v) is 10.8. The third kappa shape index (κ3) is 2.74.